The van der Waals surface area contributed by atoms with Crippen LogP contribution in [0.1, 0.15) is 12.5 Å². The number of hydrogen-bond donors (Lipinski definition) is 1. The van der Waals surface area contributed by atoms with E-state index in [-0.39, 0.29) is 24.8 Å². The van der Waals surface area contributed by atoms with Crippen LogP contribution in [0.3, 0.4) is 0 Å². The van der Waals surface area contributed by atoms with Gasteiger partial charge in [-0.2, -0.15) is 0 Å². The van der Waals surface area contributed by atoms with Gasteiger partial charge in [0.15, 0.2) is 11.3 Å². The molecule has 11 heteroatoms. The van der Waals surface area contributed by atoms with Crippen LogP contribution in [0.25, 0.3) is 33.3 Å². The highest BCUT2D eigenvalue weighted by Crippen LogP contribution is 2.33. The first-order chi connectivity index (χ1) is 17.3. The first-order valence-electron chi connectivity index (χ1n) is 11.7. The first kappa shape index (κ1) is 29.3. The van der Waals surface area contributed by atoms with E-state index < -0.39 is 10.0 Å². The predicted molar refractivity (Wildman–Crippen MR) is 158 cm³/mol. The smallest absolute Gasteiger partial charge is 0.208 e. The van der Waals surface area contributed by atoms with E-state index >= 15 is 0 Å². The van der Waals surface area contributed by atoms with Crippen molar-refractivity contribution in [3.63, 3.8) is 0 Å². The van der Waals surface area contributed by atoms with E-state index in [4.69, 9.17) is 14.4 Å². The van der Waals surface area contributed by atoms with E-state index in [0.717, 1.165) is 57.1 Å². The average Bonchev–Trinajstić information content (AvgIpc) is 2.86. The zero-order valence-electron chi connectivity index (χ0n) is 21.2. The van der Waals surface area contributed by atoms with Crippen LogP contribution in [0.15, 0.2) is 76.4 Å². The van der Waals surface area contributed by atoms with E-state index in [0.29, 0.717) is 24.4 Å². The summed E-state index contributed by atoms with van der Waals surface area (Å²) in [5, 5.41) is 2.76. The molecule has 2 heterocycles. The highest BCUT2D eigenvalue weighted by molar-refractivity contribution is 7.88. The molecule has 0 spiro atoms. The molecule has 0 radical (unpaired) electrons. The van der Waals surface area contributed by atoms with Crippen LogP contribution in [-0.2, 0) is 10.0 Å². The van der Waals surface area contributed by atoms with Gasteiger partial charge in [0.25, 0.3) is 0 Å². The van der Waals surface area contributed by atoms with E-state index in [9.17, 15) is 8.42 Å². The lowest BCUT2D eigenvalue weighted by atomic mass is 10.0. The monoisotopic (exact) mass is 573 g/mol. The predicted octanol–water partition coefficient (Wildman–Crippen LogP) is 5.24. The van der Waals surface area contributed by atoms with Gasteiger partial charge >= 0.3 is 0 Å². The average molecular weight is 575 g/mol. The van der Waals surface area contributed by atoms with Crippen molar-refractivity contribution in [2.24, 2.45) is 4.99 Å². The third kappa shape index (κ3) is 6.24. The van der Waals surface area contributed by atoms with Gasteiger partial charge in [-0.3, -0.25) is 4.98 Å². The number of sulfonamides is 1. The largest absolute Gasteiger partial charge is 0.453 e. The second-order valence-electron chi connectivity index (χ2n) is 8.67. The zero-order valence-corrected chi connectivity index (χ0v) is 23.7. The fourth-order valence-electron chi connectivity index (χ4n) is 4.36. The van der Waals surface area contributed by atoms with Crippen molar-refractivity contribution >= 4 is 68.1 Å². The summed E-state index contributed by atoms with van der Waals surface area (Å²) in [6, 6.07) is 17.8. The quantitative estimate of drug-likeness (QED) is 0.211. The first-order valence-corrected chi connectivity index (χ1v) is 13.6. The lowest BCUT2D eigenvalue weighted by Crippen LogP contribution is -2.34. The fourth-order valence-corrected chi connectivity index (χ4v) is 4.82. The molecule has 5 rings (SSSR count). The molecule has 2 aromatic carbocycles. The minimum Gasteiger partial charge on any atom is -0.453 e. The maximum absolute atomic E-state index is 11.5. The van der Waals surface area contributed by atoms with Crippen LogP contribution in [0.4, 0.5) is 11.4 Å². The van der Waals surface area contributed by atoms with Gasteiger partial charge in [-0.15, -0.1) is 24.8 Å². The molecule has 1 aliphatic heterocycles. The Bertz CT molecular complexity index is 1710. The Hall–Kier alpha value is -3.24. The molecule has 8 nitrogen and oxygen atoms in total. The molecule has 0 saturated carbocycles. The number of likely N-dealkylation sites (N-methyl/N-ethyl adjacent to an activating group) is 1. The van der Waals surface area contributed by atoms with Crippen molar-refractivity contribution < 1.29 is 12.8 Å². The fraction of sp³-hybridized carbons (Fsp3) is 0.222. The molecule has 1 N–H and O–H groups in total. The lowest BCUT2D eigenvalue weighted by molar-refractivity contribution is 0.587. The summed E-state index contributed by atoms with van der Waals surface area (Å²) in [6.45, 7) is 5.63. The number of pyridine rings is 1. The maximum atomic E-state index is 11.5. The van der Waals surface area contributed by atoms with Gasteiger partial charge in [0.2, 0.25) is 10.0 Å². The summed E-state index contributed by atoms with van der Waals surface area (Å²) in [6.07, 6.45) is 4.60. The Balaban J connectivity index is 0.00000200. The summed E-state index contributed by atoms with van der Waals surface area (Å²) in [5.41, 5.74) is 4.98. The number of fused-ring (bicyclic) bond motifs is 4. The summed E-state index contributed by atoms with van der Waals surface area (Å²) in [5.74, 6) is 0.646. The molecule has 0 fully saturated rings. The highest BCUT2D eigenvalue weighted by Gasteiger charge is 2.17. The van der Waals surface area contributed by atoms with Crippen LogP contribution in [-0.4, -0.2) is 44.3 Å². The zero-order chi connectivity index (χ0) is 25.3. The molecular formula is C27H29Cl2N5O3S. The van der Waals surface area contributed by atoms with Gasteiger partial charge in [-0.1, -0.05) is 24.3 Å². The number of aromatic nitrogens is 2. The molecule has 38 heavy (non-hydrogen) atoms. The molecule has 3 aromatic rings. The van der Waals surface area contributed by atoms with Crippen molar-refractivity contribution in [1.82, 2.24) is 14.7 Å². The third-order valence-corrected chi connectivity index (χ3v) is 6.79. The molecule has 200 valence electrons. The number of benzene rings is 3. The summed E-state index contributed by atoms with van der Waals surface area (Å²) < 4.78 is 31.9. The second-order valence-corrected chi connectivity index (χ2v) is 10.5. The molecule has 0 saturated heterocycles. The highest BCUT2D eigenvalue weighted by atomic mass is 35.5. The minimum absolute atomic E-state index is 0. The minimum atomic E-state index is -3.24. The van der Waals surface area contributed by atoms with Gasteiger partial charge in [-0.05, 0) is 37.6 Å². The van der Waals surface area contributed by atoms with Crippen molar-refractivity contribution in [3.8, 4) is 11.5 Å². The number of rotatable bonds is 7. The summed E-state index contributed by atoms with van der Waals surface area (Å²) >= 11 is 0. The topological polar surface area (TPSA) is 101 Å². The number of nitrogens with zero attached hydrogens (tertiary/aromatic N) is 4. The molecule has 0 bridgehead atoms. The molecule has 0 amide bonds. The van der Waals surface area contributed by atoms with E-state index in [1.807, 2.05) is 62.4 Å². The van der Waals surface area contributed by atoms with Crippen LogP contribution >= 0.6 is 24.8 Å². The molecule has 1 aromatic heterocycles. The van der Waals surface area contributed by atoms with Gasteiger partial charge in [0.1, 0.15) is 11.2 Å². The Morgan fingerprint density at radius 3 is 2.42 bits per heavy atom. The van der Waals surface area contributed by atoms with Gasteiger partial charge in [0, 0.05) is 60.6 Å². The molecule has 1 aliphatic carbocycles. The van der Waals surface area contributed by atoms with Gasteiger partial charge < -0.3 is 9.32 Å². The number of nitrogens with one attached hydrogen (secondary N) is 1. The summed E-state index contributed by atoms with van der Waals surface area (Å²) in [7, 11) is -3.24. The molecule has 2 aliphatic rings. The Morgan fingerprint density at radius 1 is 1.03 bits per heavy atom. The van der Waals surface area contributed by atoms with Crippen LogP contribution in [0, 0.1) is 6.92 Å². The number of aryl methyl sites for hydroxylation is 1. The third-order valence-electron chi connectivity index (χ3n) is 6.06. The standard InChI is InChI=1S/C27H27N5O3S.2ClH/c1-4-32(14-13-29-36(3,33)34)20-15-18(2)26-24(16-20)35-25-17-23(30-19-9-11-28-12-10-19)21-7-5-6-8-22(21)27(25)31-26;;/h5-12,15-17,29H,4,13-14H2,1-3H3;2*1H. The number of anilines is 1. The van der Waals surface area contributed by atoms with Crippen molar-refractivity contribution in [1.29, 1.82) is 0 Å². The Labute approximate surface area is 234 Å². The second kappa shape index (κ2) is 12.1. The Morgan fingerprint density at radius 2 is 1.74 bits per heavy atom. The van der Waals surface area contributed by atoms with Crippen LogP contribution < -0.4 is 15.0 Å². The SMILES string of the molecule is CCN(CCNS(C)(=O)=O)c1cc(C)c2nc3c4ccccc4c(=Nc4ccncc4)cc-3oc2c1.Cl.Cl. The van der Waals surface area contributed by atoms with Crippen LogP contribution in [0.5, 0.6) is 0 Å². The van der Waals surface area contributed by atoms with Crippen molar-refractivity contribution in [2.45, 2.75) is 13.8 Å². The van der Waals surface area contributed by atoms with E-state index in [2.05, 4.69) is 20.7 Å². The summed E-state index contributed by atoms with van der Waals surface area (Å²) in [4.78, 5) is 16.0. The Kier molecular flexibility index (Phi) is 9.32. The maximum Gasteiger partial charge on any atom is 0.208 e. The van der Waals surface area contributed by atoms with Crippen LogP contribution in [0.2, 0.25) is 0 Å². The molecular weight excluding hydrogens is 545 g/mol. The molecule has 0 atom stereocenters. The molecule has 0 unspecified atom stereocenters. The lowest BCUT2D eigenvalue weighted by Gasteiger charge is -2.24. The number of halogens is 2. The van der Waals surface area contributed by atoms with Crippen molar-refractivity contribution in [3.05, 3.63) is 77.9 Å². The van der Waals surface area contributed by atoms with Gasteiger partial charge in [-0.25, -0.2) is 23.1 Å². The van der Waals surface area contributed by atoms with E-state index in [1.165, 1.54) is 0 Å². The van der Waals surface area contributed by atoms with Crippen molar-refractivity contribution in [2.75, 3.05) is 30.8 Å². The normalized spacial score (nSPS) is 11.9. The van der Waals surface area contributed by atoms with Gasteiger partial charge in [0.05, 0.1) is 17.3 Å². The number of hydrogen-bond acceptors (Lipinski definition) is 7. The van der Waals surface area contributed by atoms with E-state index in [1.54, 1.807) is 12.4 Å².